The predicted molar refractivity (Wildman–Crippen MR) is 62.3 cm³/mol. The molecular formula is C9H4Cl2N2O2S. The van der Waals surface area contributed by atoms with E-state index in [1.54, 1.807) is 18.2 Å². The zero-order chi connectivity index (χ0) is 11.7. The number of halogens is 2. The molecule has 0 radical (unpaired) electrons. The van der Waals surface area contributed by atoms with Gasteiger partial charge in [0.2, 0.25) is 0 Å². The number of carboxylic acid groups (broad SMARTS) is 1. The largest absolute Gasteiger partial charge is 0.477 e. The van der Waals surface area contributed by atoms with Crippen LogP contribution in [0.25, 0.3) is 11.3 Å². The van der Waals surface area contributed by atoms with Crippen molar-refractivity contribution in [3.8, 4) is 11.3 Å². The Kier molecular flexibility index (Phi) is 3.09. The molecule has 7 heteroatoms. The third-order valence-corrected chi connectivity index (χ3v) is 3.14. The fourth-order valence-corrected chi connectivity index (χ4v) is 2.08. The molecule has 0 spiro atoms. The molecule has 0 saturated heterocycles. The Morgan fingerprint density at radius 3 is 2.81 bits per heavy atom. The molecule has 82 valence electrons. The van der Waals surface area contributed by atoms with Crippen LogP contribution in [-0.2, 0) is 0 Å². The predicted octanol–water partition coefficient (Wildman–Crippen LogP) is 3.21. The zero-order valence-corrected chi connectivity index (χ0v) is 9.97. The summed E-state index contributed by atoms with van der Waals surface area (Å²) in [4.78, 5) is 11.0. The van der Waals surface area contributed by atoms with Crippen molar-refractivity contribution in [1.29, 1.82) is 0 Å². The van der Waals surface area contributed by atoms with Gasteiger partial charge in [-0.15, -0.1) is 5.10 Å². The van der Waals surface area contributed by atoms with Gasteiger partial charge >= 0.3 is 5.97 Å². The van der Waals surface area contributed by atoms with Crippen molar-refractivity contribution in [2.45, 2.75) is 0 Å². The standard InChI is InChI=1S/C9H4Cl2N2O2S/c10-4-1-2-6(11)5(3-4)7-8(9(14)15)16-13-12-7/h1-3H,(H,14,15). The maximum atomic E-state index is 10.9. The van der Waals surface area contributed by atoms with Crippen molar-refractivity contribution in [1.82, 2.24) is 9.59 Å². The lowest BCUT2D eigenvalue weighted by Gasteiger charge is -2.01. The number of aromatic nitrogens is 2. The van der Waals surface area contributed by atoms with Crippen LogP contribution in [0.4, 0.5) is 0 Å². The highest BCUT2D eigenvalue weighted by Gasteiger charge is 2.18. The number of carboxylic acids is 1. The third-order valence-electron chi connectivity index (χ3n) is 1.87. The fraction of sp³-hybridized carbons (Fsp3) is 0. The number of hydrogen-bond acceptors (Lipinski definition) is 4. The van der Waals surface area contributed by atoms with Gasteiger partial charge in [0, 0.05) is 10.6 Å². The molecule has 0 saturated carbocycles. The summed E-state index contributed by atoms with van der Waals surface area (Å²) in [5.41, 5.74) is 0.713. The van der Waals surface area contributed by atoms with E-state index in [1.165, 1.54) is 0 Å². The van der Waals surface area contributed by atoms with Gasteiger partial charge in [0.1, 0.15) is 5.69 Å². The van der Waals surface area contributed by atoms with Gasteiger partial charge in [-0.1, -0.05) is 27.7 Å². The Bertz CT molecular complexity index is 556. The molecular weight excluding hydrogens is 271 g/mol. The van der Waals surface area contributed by atoms with Crippen LogP contribution in [0.2, 0.25) is 10.0 Å². The number of nitrogens with zero attached hydrogens (tertiary/aromatic N) is 2. The minimum absolute atomic E-state index is 0.0455. The average Bonchev–Trinajstić information content (AvgIpc) is 2.70. The van der Waals surface area contributed by atoms with Crippen LogP contribution in [-0.4, -0.2) is 20.7 Å². The van der Waals surface area contributed by atoms with Crippen molar-refractivity contribution in [3.63, 3.8) is 0 Å². The van der Waals surface area contributed by atoms with Crippen LogP contribution >= 0.6 is 34.7 Å². The number of hydrogen-bond donors (Lipinski definition) is 1. The number of rotatable bonds is 2. The van der Waals surface area contributed by atoms with Crippen LogP contribution in [0.15, 0.2) is 18.2 Å². The van der Waals surface area contributed by atoms with Crippen molar-refractivity contribution in [2.75, 3.05) is 0 Å². The van der Waals surface area contributed by atoms with Gasteiger partial charge < -0.3 is 5.11 Å². The van der Waals surface area contributed by atoms with Crippen LogP contribution < -0.4 is 0 Å². The average molecular weight is 275 g/mol. The molecule has 1 aromatic carbocycles. The summed E-state index contributed by atoms with van der Waals surface area (Å²) in [7, 11) is 0. The summed E-state index contributed by atoms with van der Waals surface area (Å²) in [5.74, 6) is -1.08. The highest BCUT2D eigenvalue weighted by Crippen LogP contribution is 2.32. The van der Waals surface area contributed by atoms with E-state index >= 15 is 0 Å². The summed E-state index contributed by atoms with van der Waals surface area (Å²) in [6.45, 7) is 0. The number of carbonyl (C=O) groups is 1. The van der Waals surface area contributed by atoms with Gasteiger partial charge in [-0.25, -0.2) is 4.79 Å². The Morgan fingerprint density at radius 1 is 1.38 bits per heavy atom. The Morgan fingerprint density at radius 2 is 2.12 bits per heavy atom. The summed E-state index contributed by atoms with van der Waals surface area (Å²) < 4.78 is 3.60. The van der Waals surface area contributed by atoms with E-state index in [0.717, 1.165) is 11.5 Å². The molecule has 0 aliphatic heterocycles. The molecule has 0 aliphatic carbocycles. The Labute approximate surface area is 105 Å². The maximum Gasteiger partial charge on any atom is 0.349 e. The molecule has 16 heavy (non-hydrogen) atoms. The molecule has 0 bridgehead atoms. The highest BCUT2D eigenvalue weighted by molar-refractivity contribution is 7.08. The second-order valence-electron chi connectivity index (χ2n) is 2.88. The molecule has 0 unspecified atom stereocenters. The maximum absolute atomic E-state index is 10.9. The van der Waals surface area contributed by atoms with E-state index in [1.807, 2.05) is 0 Å². The quantitative estimate of drug-likeness (QED) is 0.914. The monoisotopic (exact) mass is 274 g/mol. The van der Waals surface area contributed by atoms with Crippen molar-refractivity contribution in [2.24, 2.45) is 0 Å². The van der Waals surface area contributed by atoms with Crippen LogP contribution in [0.1, 0.15) is 9.67 Å². The van der Waals surface area contributed by atoms with E-state index in [4.69, 9.17) is 28.3 Å². The fourth-order valence-electron chi connectivity index (χ4n) is 1.19. The van der Waals surface area contributed by atoms with Gasteiger partial charge in [-0.3, -0.25) is 0 Å². The first-order valence-corrected chi connectivity index (χ1v) is 5.63. The molecule has 0 atom stereocenters. The van der Waals surface area contributed by atoms with Gasteiger partial charge in [0.15, 0.2) is 4.88 Å². The van der Waals surface area contributed by atoms with Crippen molar-refractivity contribution >= 4 is 40.7 Å². The van der Waals surface area contributed by atoms with E-state index in [9.17, 15) is 4.79 Å². The topological polar surface area (TPSA) is 63.1 Å². The molecule has 0 aliphatic rings. The summed E-state index contributed by atoms with van der Waals surface area (Å²) in [6.07, 6.45) is 0. The molecule has 0 fully saturated rings. The minimum Gasteiger partial charge on any atom is -0.477 e. The van der Waals surface area contributed by atoms with E-state index < -0.39 is 5.97 Å². The lowest BCUT2D eigenvalue weighted by Crippen LogP contribution is -1.95. The van der Waals surface area contributed by atoms with Gasteiger partial charge in [-0.2, -0.15) is 0 Å². The normalized spacial score (nSPS) is 10.4. The second kappa shape index (κ2) is 4.37. The summed E-state index contributed by atoms with van der Waals surface area (Å²) >= 11 is 12.6. The molecule has 0 amide bonds. The van der Waals surface area contributed by atoms with Crippen LogP contribution in [0.5, 0.6) is 0 Å². The van der Waals surface area contributed by atoms with Crippen molar-refractivity contribution in [3.05, 3.63) is 33.1 Å². The Balaban J connectivity index is 2.62. The lowest BCUT2D eigenvalue weighted by atomic mass is 10.1. The number of benzene rings is 1. The van der Waals surface area contributed by atoms with Gasteiger partial charge in [0.25, 0.3) is 0 Å². The SMILES string of the molecule is O=C(O)c1snnc1-c1cc(Cl)ccc1Cl. The summed E-state index contributed by atoms with van der Waals surface area (Å²) in [5, 5.41) is 13.5. The number of aromatic carboxylic acids is 1. The Hall–Kier alpha value is -1.17. The lowest BCUT2D eigenvalue weighted by molar-refractivity contribution is 0.0702. The first-order chi connectivity index (χ1) is 7.59. The van der Waals surface area contributed by atoms with E-state index in [2.05, 4.69) is 9.59 Å². The first-order valence-electron chi connectivity index (χ1n) is 4.10. The van der Waals surface area contributed by atoms with Crippen LogP contribution in [0.3, 0.4) is 0 Å². The molecule has 2 rings (SSSR count). The summed E-state index contributed by atoms with van der Waals surface area (Å²) in [6, 6.07) is 4.77. The minimum atomic E-state index is -1.08. The van der Waals surface area contributed by atoms with Gasteiger partial charge in [-0.05, 0) is 29.7 Å². The molecule has 4 nitrogen and oxygen atoms in total. The van der Waals surface area contributed by atoms with E-state index in [0.29, 0.717) is 15.6 Å². The van der Waals surface area contributed by atoms with Crippen LogP contribution in [0, 0.1) is 0 Å². The second-order valence-corrected chi connectivity index (χ2v) is 4.48. The highest BCUT2D eigenvalue weighted by atomic mass is 35.5. The molecule has 1 N–H and O–H groups in total. The first kappa shape index (κ1) is 11.3. The smallest absolute Gasteiger partial charge is 0.349 e. The zero-order valence-electron chi connectivity index (χ0n) is 7.65. The molecule has 1 heterocycles. The van der Waals surface area contributed by atoms with Crippen molar-refractivity contribution < 1.29 is 9.90 Å². The third kappa shape index (κ3) is 2.02. The van der Waals surface area contributed by atoms with E-state index in [-0.39, 0.29) is 10.6 Å². The van der Waals surface area contributed by atoms with Gasteiger partial charge in [0.05, 0.1) is 5.02 Å². The molecule has 2 aromatic rings. The molecule has 1 aromatic heterocycles.